The fraction of sp³-hybridized carbons (Fsp3) is 0.429. The van der Waals surface area contributed by atoms with Crippen molar-refractivity contribution in [3.05, 3.63) is 41.2 Å². The van der Waals surface area contributed by atoms with Crippen molar-refractivity contribution < 1.29 is 0 Å². The van der Waals surface area contributed by atoms with Crippen molar-refractivity contribution in [1.29, 1.82) is 0 Å². The molecule has 0 aromatic carbocycles. The lowest BCUT2D eigenvalue weighted by atomic mass is 10.1. The van der Waals surface area contributed by atoms with E-state index in [-0.39, 0.29) is 5.28 Å². The topological polar surface area (TPSA) is 54.8 Å². The average Bonchev–Trinajstić information content (AvgIpc) is 2.49. The van der Waals surface area contributed by atoms with Crippen molar-refractivity contribution in [2.24, 2.45) is 0 Å². The largest absolute Gasteiger partial charge is 0.341 e. The highest BCUT2D eigenvalue weighted by atomic mass is 35.5. The zero-order chi connectivity index (χ0) is 13.8. The minimum absolute atomic E-state index is 0.263. The first-order valence-corrected chi connectivity index (χ1v) is 7.23. The van der Waals surface area contributed by atoms with Crippen LogP contribution in [0.15, 0.2) is 24.5 Å². The summed E-state index contributed by atoms with van der Waals surface area (Å²) in [5, 5.41) is 0.263. The number of rotatable bonds is 3. The molecule has 104 valence electrons. The Morgan fingerprint density at radius 3 is 2.70 bits per heavy atom. The van der Waals surface area contributed by atoms with Gasteiger partial charge in [-0.05, 0) is 42.5 Å². The molecular formula is C14H16ClN5. The van der Waals surface area contributed by atoms with Gasteiger partial charge in [0.2, 0.25) is 11.2 Å². The average molecular weight is 290 g/mol. The standard InChI is InChI=1S/C14H16ClN5/c15-13-17-12(9-11-5-4-6-16-10-11)18-14(19-13)20-7-2-1-3-8-20/h4-6,10H,1-3,7-9H2. The molecule has 0 radical (unpaired) electrons. The molecule has 5 nitrogen and oxygen atoms in total. The molecule has 3 heterocycles. The third-order valence-electron chi connectivity index (χ3n) is 3.37. The third kappa shape index (κ3) is 3.22. The molecule has 1 aliphatic rings. The van der Waals surface area contributed by atoms with Gasteiger partial charge in [-0.1, -0.05) is 6.07 Å². The molecule has 2 aromatic rings. The monoisotopic (exact) mass is 289 g/mol. The highest BCUT2D eigenvalue weighted by Gasteiger charge is 2.15. The Morgan fingerprint density at radius 1 is 1.10 bits per heavy atom. The van der Waals surface area contributed by atoms with E-state index in [9.17, 15) is 0 Å². The number of aromatic nitrogens is 4. The van der Waals surface area contributed by atoms with Crippen molar-refractivity contribution in [3.8, 4) is 0 Å². The molecule has 6 heteroatoms. The van der Waals surface area contributed by atoms with E-state index in [1.165, 1.54) is 19.3 Å². The maximum absolute atomic E-state index is 6.03. The molecule has 0 bridgehead atoms. The number of hydrogen-bond donors (Lipinski definition) is 0. The van der Waals surface area contributed by atoms with Crippen LogP contribution in [0.3, 0.4) is 0 Å². The lowest BCUT2D eigenvalue weighted by Crippen LogP contribution is -2.31. The predicted molar refractivity (Wildman–Crippen MR) is 77.9 cm³/mol. The van der Waals surface area contributed by atoms with Gasteiger partial charge in [0.1, 0.15) is 5.82 Å². The number of anilines is 1. The summed E-state index contributed by atoms with van der Waals surface area (Å²) in [6, 6.07) is 3.91. The maximum Gasteiger partial charge on any atom is 0.229 e. The van der Waals surface area contributed by atoms with E-state index in [2.05, 4.69) is 24.8 Å². The minimum atomic E-state index is 0.263. The Kier molecular flexibility index (Phi) is 4.06. The number of pyridine rings is 1. The molecule has 0 spiro atoms. The molecule has 1 fully saturated rings. The van der Waals surface area contributed by atoms with Crippen LogP contribution in [-0.4, -0.2) is 33.0 Å². The molecule has 0 unspecified atom stereocenters. The van der Waals surface area contributed by atoms with Gasteiger partial charge < -0.3 is 4.90 Å². The summed E-state index contributed by atoms with van der Waals surface area (Å²) in [5.74, 6) is 1.39. The lowest BCUT2D eigenvalue weighted by molar-refractivity contribution is 0.566. The van der Waals surface area contributed by atoms with Gasteiger partial charge in [-0.3, -0.25) is 4.98 Å². The normalized spacial score (nSPS) is 15.3. The SMILES string of the molecule is Clc1nc(Cc2cccnc2)nc(N2CCCCC2)n1. The van der Waals surface area contributed by atoms with E-state index in [4.69, 9.17) is 11.6 Å². The number of hydrogen-bond acceptors (Lipinski definition) is 5. The van der Waals surface area contributed by atoms with Crippen LogP contribution in [-0.2, 0) is 6.42 Å². The Morgan fingerprint density at radius 2 is 1.95 bits per heavy atom. The van der Waals surface area contributed by atoms with Crippen LogP contribution in [0.25, 0.3) is 0 Å². The maximum atomic E-state index is 6.03. The summed E-state index contributed by atoms with van der Waals surface area (Å²) >= 11 is 6.03. The van der Waals surface area contributed by atoms with Crippen molar-refractivity contribution in [2.75, 3.05) is 18.0 Å². The molecule has 2 aromatic heterocycles. The van der Waals surface area contributed by atoms with Crippen molar-refractivity contribution >= 4 is 17.5 Å². The highest BCUT2D eigenvalue weighted by Crippen LogP contribution is 2.18. The van der Waals surface area contributed by atoms with Gasteiger partial charge in [-0.25, -0.2) is 4.98 Å². The van der Waals surface area contributed by atoms with E-state index in [0.29, 0.717) is 18.2 Å². The van der Waals surface area contributed by atoms with Crippen LogP contribution in [0.4, 0.5) is 5.95 Å². The highest BCUT2D eigenvalue weighted by molar-refractivity contribution is 6.28. The first kappa shape index (κ1) is 13.2. The third-order valence-corrected chi connectivity index (χ3v) is 3.54. The zero-order valence-corrected chi connectivity index (χ0v) is 11.9. The fourth-order valence-corrected chi connectivity index (χ4v) is 2.55. The van der Waals surface area contributed by atoms with Crippen LogP contribution in [0.2, 0.25) is 5.28 Å². The van der Waals surface area contributed by atoms with Gasteiger partial charge in [-0.15, -0.1) is 0 Å². The number of halogens is 1. The predicted octanol–water partition coefficient (Wildman–Crippen LogP) is 2.50. The molecule has 0 saturated carbocycles. The summed E-state index contributed by atoms with van der Waals surface area (Å²) in [6.07, 6.45) is 7.83. The summed E-state index contributed by atoms with van der Waals surface area (Å²) in [5.41, 5.74) is 1.07. The first-order valence-electron chi connectivity index (χ1n) is 6.85. The second-order valence-electron chi connectivity index (χ2n) is 4.91. The van der Waals surface area contributed by atoms with E-state index >= 15 is 0 Å². The molecule has 0 atom stereocenters. The van der Waals surface area contributed by atoms with Crippen LogP contribution >= 0.6 is 11.6 Å². The Labute approximate surface area is 123 Å². The summed E-state index contributed by atoms with van der Waals surface area (Å²) in [4.78, 5) is 19.3. The molecule has 0 N–H and O–H groups in total. The second-order valence-corrected chi connectivity index (χ2v) is 5.24. The van der Waals surface area contributed by atoms with Crippen LogP contribution in [0.1, 0.15) is 30.7 Å². The summed E-state index contributed by atoms with van der Waals surface area (Å²) < 4.78 is 0. The first-order chi connectivity index (χ1) is 9.81. The molecule has 1 aliphatic heterocycles. The van der Waals surface area contributed by atoms with Crippen LogP contribution < -0.4 is 4.90 Å². The zero-order valence-electron chi connectivity index (χ0n) is 11.2. The van der Waals surface area contributed by atoms with Crippen molar-refractivity contribution in [1.82, 2.24) is 19.9 Å². The fourth-order valence-electron chi connectivity index (χ4n) is 2.38. The molecule has 20 heavy (non-hydrogen) atoms. The van der Waals surface area contributed by atoms with E-state index in [1.54, 1.807) is 6.20 Å². The van der Waals surface area contributed by atoms with Gasteiger partial charge in [0.05, 0.1) is 0 Å². The van der Waals surface area contributed by atoms with Gasteiger partial charge in [0, 0.05) is 31.9 Å². The molecule has 0 aliphatic carbocycles. The van der Waals surface area contributed by atoms with Gasteiger partial charge in [0.15, 0.2) is 0 Å². The number of piperidine rings is 1. The van der Waals surface area contributed by atoms with Crippen LogP contribution in [0, 0.1) is 0 Å². The quantitative estimate of drug-likeness (QED) is 0.869. The van der Waals surface area contributed by atoms with Gasteiger partial charge >= 0.3 is 0 Å². The van der Waals surface area contributed by atoms with E-state index < -0.39 is 0 Å². The summed E-state index contributed by atoms with van der Waals surface area (Å²) in [7, 11) is 0. The lowest BCUT2D eigenvalue weighted by Gasteiger charge is -2.26. The molecule has 1 saturated heterocycles. The number of nitrogens with zero attached hydrogens (tertiary/aromatic N) is 5. The second kappa shape index (κ2) is 6.13. The van der Waals surface area contributed by atoms with Crippen LogP contribution in [0.5, 0.6) is 0 Å². The Bertz CT molecular complexity index is 569. The molecule has 3 rings (SSSR count). The minimum Gasteiger partial charge on any atom is -0.341 e. The molecular weight excluding hydrogens is 274 g/mol. The van der Waals surface area contributed by atoms with Crippen molar-refractivity contribution in [3.63, 3.8) is 0 Å². The van der Waals surface area contributed by atoms with Gasteiger partial charge in [0.25, 0.3) is 0 Å². The van der Waals surface area contributed by atoms with Crippen molar-refractivity contribution in [2.45, 2.75) is 25.7 Å². The Hall–Kier alpha value is -1.75. The van der Waals surface area contributed by atoms with E-state index in [1.807, 2.05) is 18.3 Å². The smallest absolute Gasteiger partial charge is 0.229 e. The van der Waals surface area contributed by atoms with Gasteiger partial charge in [-0.2, -0.15) is 9.97 Å². The Balaban J connectivity index is 1.82. The summed E-state index contributed by atoms with van der Waals surface area (Å²) in [6.45, 7) is 1.99. The molecule has 0 amide bonds. The van der Waals surface area contributed by atoms with E-state index in [0.717, 1.165) is 18.7 Å².